The highest BCUT2D eigenvalue weighted by Crippen LogP contribution is 2.35. The number of carbonyl (C=O) groups excluding carboxylic acids is 2. The fraction of sp³-hybridized carbons (Fsp3) is 0.190. The number of carbonyl (C=O) groups is 2. The first-order valence-electron chi connectivity index (χ1n) is 8.56. The maximum Gasteiger partial charge on any atom is 0.234 e. The predicted molar refractivity (Wildman–Crippen MR) is 107 cm³/mol. The Morgan fingerprint density at radius 3 is 2.63 bits per heavy atom. The van der Waals surface area contributed by atoms with Crippen LogP contribution >= 0.6 is 11.8 Å². The minimum Gasteiger partial charge on any atom is -0.325 e. The van der Waals surface area contributed by atoms with Crippen molar-refractivity contribution in [2.45, 2.75) is 19.3 Å². The van der Waals surface area contributed by atoms with Crippen LogP contribution in [0.15, 0.2) is 65.2 Å². The van der Waals surface area contributed by atoms with Gasteiger partial charge in [0.15, 0.2) is 0 Å². The van der Waals surface area contributed by atoms with Crippen LogP contribution in [-0.4, -0.2) is 17.6 Å². The maximum absolute atomic E-state index is 12.3. The molecule has 136 valence electrons. The number of amides is 2. The molecule has 0 spiro atoms. The fourth-order valence-electron chi connectivity index (χ4n) is 2.94. The van der Waals surface area contributed by atoms with E-state index in [2.05, 4.69) is 16.7 Å². The average Bonchev–Trinajstić information content (AvgIpc) is 2.68. The quantitative estimate of drug-likeness (QED) is 0.832. The highest BCUT2D eigenvalue weighted by Gasteiger charge is 2.29. The van der Waals surface area contributed by atoms with E-state index in [1.807, 2.05) is 61.5 Å². The summed E-state index contributed by atoms with van der Waals surface area (Å²) in [5.74, 6) is -0.511. The van der Waals surface area contributed by atoms with Crippen LogP contribution < -0.4 is 10.6 Å². The summed E-state index contributed by atoms with van der Waals surface area (Å²) in [6.45, 7) is 1.92. The Morgan fingerprint density at radius 2 is 1.93 bits per heavy atom. The van der Waals surface area contributed by atoms with Gasteiger partial charge in [0, 0.05) is 18.0 Å². The minimum absolute atomic E-state index is 0.108. The number of anilines is 1. The highest BCUT2D eigenvalue weighted by atomic mass is 32.2. The number of thioether (sulfide) groups is 1. The highest BCUT2D eigenvalue weighted by molar-refractivity contribution is 8.03. The lowest BCUT2D eigenvalue weighted by Gasteiger charge is -2.25. The average molecular weight is 377 g/mol. The Bertz CT molecular complexity index is 932. The Hall–Kier alpha value is -3.04. The topological polar surface area (TPSA) is 82.0 Å². The van der Waals surface area contributed by atoms with E-state index in [1.165, 1.54) is 11.8 Å². The molecule has 0 aliphatic carbocycles. The van der Waals surface area contributed by atoms with Gasteiger partial charge in [-0.3, -0.25) is 9.59 Å². The monoisotopic (exact) mass is 377 g/mol. The Morgan fingerprint density at radius 1 is 1.22 bits per heavy atom. The number of hydrogen-bond donors (Lipinski definition) is 2. The summed E-state index contributed by atoms with van der Waals surface area (Å²) in [6, 6.07) is 19.2. The Labute approximate surface area is 162 Å². The van der Waals surface area contributed by atoms with E-state index in [0.717, 1.165) is 16.8 Å². The van der Waals surface area contributed by atoms with Gasteiger partial charge in [-0.2, -0.15) is 5.26 Å². The van der Waals surface area contributed by atoms with E-state index in [0.29, 0.717) is 10.6 Å². The molecule has 0 radical (unpaired) electrons. The van der Waals surface area contributed by atoms with Crippen molar-refractivity contribution in [3.8, 4) is 6.07 Å². The number of rotatable bonds is 5. The molecule has 3 rings (SSSR count). The van der Waals surface area contributed by atoms with Gasteiger partial charge in [0.2, 0.25) is 11.8 Å². The standard InChI is InChI=1S/C21H19N3O2S/c1-14-7-5-6-10-18(14)23-20(26)13-27-21-17(12-22)16(11-19(25)24-21)15-8-3-2-4-9-15/h2-10,16H,11,13H2,1H3,(H,23,26)(H,24,25)/t16-/m1/s1. The zero-order valence-electron chi connectivity index (χ0n) is 14.9. The van der Waals surface area contributed by atoms with Gasteiger partial charge in [-0.25, -0.2) is 0 Å². The molecule has 1 aliphatic rings. The lowest BCUT2D eigenvalue weighted by molar-refractivity contribution is -0.121. The molecular formula is C21H19N3O2S. The lowest BCUT2D eigenvalue weighted by Crippen LogP contribution is -2.31. The van der Waals surface area contributed by atoms with E-state index in [9.17, 15) is 14.9 Å². The molecule has 0 saturated heterocycles. The second-order valence-electron chi connectivity index (χ2n) is 6.22. The first kappa shape index (κ1) is 18.7. The zero-order valence-corrected chi connectivity index (χ0v) is 15.7. The molecule has 1 heterocycles. The SMILES string of the molecule is Cc1ccccc1NC(=O)CSC1=C(C#N)[C@@H](c2ccccc2)CC(=O)N1. The van der Waals surface area contributed by atoms with Crippen LogP contribution in [0.4, 0.5) is 5.69 Å². The summed E-state index contributed by atoms with van der Waals surface area (Å²) in [6.07, 6.45) is 0.229. The van der Waals surface area contributed by atoms with Crippen LogP contribution in [0.5, 0.6) is 0 Å². The van der Waals surface area contributed by atoms with E-state index in [4.69, 9.17) is 0 Å². The van der Waals surface area contributed by atoms with Gasteiger partial charge in [0.1, 0.15) is 0 Å². The molecule has 0 unspecified atom stereocenters. The van der Waals surface area contributed by atoms with Gasteiger partial charge in [-0.05, 0) is 24.1 Å². The van der Waals surface area contributed by atoms with Gasteiger partial charge >= 0.3 is 0 Å². The van der Waals surface area contributed by atoms with Crippen LogP contribution in [0.1, 0.15) is 23.5 Å². The predicted octanol–water partition coefficient (Wildman–Crippen LogP) is 3.71. The number of para-hydroxylation sites is 1. The van der Waals surface area contributed by atoms with Crippen LogP contribution in [0, 0.1) is 18.3 Å². The molecule has 0 saturated carbocycles. The maximum atomic E-state index is 12.3. The molecule has 5 nitrogen and oxygen atoms in total. The normalized spacial score (nSPS) is 16.4. The summed E-state index contributed by atoms with van der Waals surface area (Å²) in [5, 5.41) is 15.7. The van der Waals surface area contributed by atoms with Gasteiger partial charge in [0.25, 0.3) is 0 Å². The van der Waals surface area contributed by atoms with Gasteiger partial charge < -0.3 is 10.6 Å². The van der Waals surface area contributed by atoms with Crippen molar-refractivity contribution < 1.29 is 9.59 Å². The number of aryl methyl sites for hydroxylation is 1. The van der Waals surface area contributed by atoms with Gasteiger partial charge in [0.05, 0.1) is 22.4 Å². The summed E-state index contributed by atoms with van der Waals surface area (Å²) < 4.78 is 0. The van der Waals surface area contributed by atoms with Crippen molar-refractivity contribution >= 4 is 29.3 Å². The Balaban J connectivity index is 1.74. The molecule has 1 aliphatic heterocycles. The number of hydrogen-bond acceptors (Lipinski definition) is 4. The third-order valence-corrected chi connectivity index (χ3v) is 5.34. The van der Waals surface area contributed by atoms with Crippen LogP contribution in [0.3, 0.4) is 0 Å². The molecule has 2 aromatic carbocycles. The largest absolute Gasteiger partial charge is 0.325 e. The molecule has 2 amide bonds. The van der Waals surface area contributed by atoms with Crippen molar-refractivity contribution in [1.82, 2.24) is 5.32 Å². The Kier molecular flexibility index (Phi) is 5.94. The third-order valence-electron chi connectivity index (χ3n) is 4.32. The first-order chi connectivity index (χ1) is 13.1. The molecule has 2 aromatic rings. The summed E-state index contributed by atoms with van der Waals surface area (Å²) >= 11 is 1.18. The second-order valence-corrected chi connectivity index (χ2v) is 7.21. The lowest BCUT2D eigenvalue weighted by atomic mass is 9.87. The molecule has 1 atom stereocenters. The number of nitrogens with zero attached hydrogens (tertiary/aromatic N) is 1. The first-order valence-corrected chi connectivity index (χ1v) is 9.54. The molecular weight excluding hydrogens is 358 g/mol. The van der Waals surface area contributed by atoms with Crippen molar-refractivity contribution in [2.24, 2.45) is 0 Å². The molecule has 6 heteroatoms. The third kappa shape index (κ3) is 4.57. The van der Waals surface area contributed by atoms with Crippen LogP contribution in [0.2, 0.25) is 0 Å². The number of allylic oxidation sites excluding steroid dienone is 1. The molecule has 0 fully saturated rings. The molecule has 0 bridgehead atoms. The fourth-order valence-corrected chi connectivity index (χ4v) is 3.82. The molecule has 2 N–H and O–H groups in total. The number of nitrogens with one attached hydrogen (secondary N) is 2. The molecule has 0 aromatic heterocycles. The number of benzene rings is 2. The van der Waals surface area contributed by atoms with Crippen molar-refractivity contribution in [2.75, 3.05) is 11.1 Å². The van der Waals surface area contributed by atoms with Crippen LogP contribution in [-0.2, 0) is 9.59 Å². The van der Waals surface area contributed by atoms with Gasteiger partial charge in [-0.15, -0.1) is 0 Å². The van der Waals surface area contributed by atoms with E-state index >= 15 is 0 Å². The van der Waals surface area contributed by atoms with Crippen molar-refractivity contribution in [3.63, 3.8) is 0 Å². The second kappa shape index (κ2) is 8.56. The summed E-state index contributed by atoms with van der Waals surface area (Å²) in [4.78, 5) is 24.4. The summed E-state index contributed by atoms with van der Waals surface area (Å²) in [7, 11) is 0. The molecule has 27 heavy (non-hydrogen) atoms. The zero-order chi connectivity index (χ0) is 19.2. The summed E-state index contributed by atoms with van der Waals surface area (Å²) in [5.41, 5.74) is 3.15. The van der Waals surface area contributed by atoms with Crippen molar-refractivity contribution in [3.05, 3.63) is 76.3 Å². The van der Waals surface area contributed by atoms with Crippen molar-refractivity contribution in [1.29, 1.82) is 5.26 Å². The number of nitriles is 1. The smallest absolute Gasteiger partial charge is 0.234 e. The van der Waals surface area contributed by atoms with Crippen LogP contribution in [0.25, 0.3) is 0 Å². The van der Waals surface area contributed by atoms with E-state index in [-0.39, 0.29) is 29.9 Å². The minimum atomic E-state index is -0.285. The van der Waals surface area contributed by atoms with Gasteiger partial charge in [-0.1, -0.05) is 60.3 Å². The van der Waals surface area contributed by atoms with E-state index in [1.54, 1.807) is 0 Å². The van der Waals surface area contributed by atoms with E-state index < -0.39 is 0 Å².